The van der Waals surface area contributed by atoms with Crippen molar-refractivity contribution in [2.75, 3.05) is 10.8 Å². The molecule has 0 fully saturated rings. The number of rotatable bonds is 9. The molecule has 0 aliphatic heterocycles. The third-order valence-corrected chi connectivity index (χ3v) is 7.73. The number of benzene rings is 3. The van der Waals surface area contributed by atoms with E-state index in [2.05, 4.69) is 24.4 Å². The number of hydrogen-bond acceptors (Lipinski definition) is 4. The van der Waals surface area contributed by atoms with Crippen LogP contribution in [0, 0.1) is 0 Å². The second-order valence-corrected chi connectivity index (χ2v) is 11.4. The summed E-state index contributed by atoms with van der Waals surface area (Å²) in [6, 6.07) is 22.3. The zero-order valence-electron chi connectivity index (χ0n) is 19.7. The van der Waals surface area contributed by atoms with Crippen molar-refractivity contribution in [3.8, 4) is 0 Å². The molecule has 0 aromatic heterocycles. The smallest absolute Gasteiger partial charge is 0.264 e. The SMILES string of the molecule is C/C(CC(C)(C)c1ccccc1)=N/NC(=O)CN(c1ccc(Cl)cc1Cl)S(=O)(=O)c1ccccc1. The molecule has 0 aliphatic rings. The maximum absolute atomic E-state index is 13.4. The van der Waals surface area contributed by atoms with Gasteiger partial charge >= 0.3 is 0 Å². The van der Waals surface area contributed by atoms with Crippen molar-refractivity contribution < 1.29 is 13.2 Å². The number of carbonyl (C=O) groups excluding carboxylic acids is 1. The van der Waals surface area contributed by atoms with Crippen molar-refractivity contribution in [3.63, 3.8) is 0 Å². The molecule has 35 heavy (non-hydrogen) atoms. The van der Waals surface area contributed by atoms with E-state index in [9.17, 15) is 13.2 Å². The molecule has 0 bridgehead atoms. The standard InChI is InChI=1S/C26H27Cl2N3O3S/c1-19(17-26(2,3)20-10-6-4-7-11-20)29-30-25(32)18-31(24-15-14-21(27)16-23(24)28)35(33,34)22-12-8-5-9-13-22/h4-16H,17-18H2,1-3H3,(H,30,32)/b29-19-. The Hall–Kier alpha value is -2.87. The number of hydrazone groups is 1. The number of nitrogens with zero attached hydrogens (tertiary/aromatic N) is 2. The Morgan fingerprint density at radius 1 is 0.971 bits per heavy atom. The van der Waals surface area contributed by atoms with Crippen molar-refractivity contribution in [2.45, 2.75) is 37.5 Å². The van der Waals surface area contributed by atoms with Gasteiger partial charge in [0.15, 0.2) is 0 Å². The first kappa shape index (κ1) is 26.7. The van der Waals surface area contributed by atoms with E-state index in [1.165, 1.54) is 30.3 Å². The lowest BCUT2D eigenvalue weighted by Crippen LogP contribution is -2.40. The van der Waals surface area contributed by atoms with Gasteiger partial charge in [-0.2, -0.15) is 5.10 Å². The normalized spacial score (nSPS) is 12.3. The second-order valence-electron chi connectivity index (χ2n) is 8.73. The zero-order valence-corrected chi connectivity index (χ0v) is 22.0. The molecule has 0 saturated carbocycles. The largest absolute Gasteiger partial charge is 0.271 e. The molecule has 0 atom stereocenters. The van der Waals surface area contributed by atoms with Gasteiger partial charge in [-0.05, 0) is 54.7 Å². The Morgan fingerprint density at radius 3 is 2.17 bits per heavy atom. The maximum atomic E-state index is 13.4. The number of nitrogens with one attached hydrogen (secondary N) is 1. The van der Waals surface area contributed by atoms with Gasteiger partial charge in [0.05, 0.1) is 15.6 Å². The van der Waals surface area contributed by atoms with Crippen LogP contribution in [0.3, 0.4) is 0 Å². The summed E-state index contributed by atoms with van der Waals surface area (Å²) in [7, 11) is -4.09. The topological polar surface area (TPSA) is 78.8 Å². The molecule has 0 heterocycles. The highest BCUT2D eigenvalue weighted by Gasteiger charge is 2.29. The highest BCUT2D eigenvalue weighted by atomic mass is 35.5. The Bertz CT molecular complexity index is 1310. The van der Waals surface area contributed by atoms with E-state index in [1.807, 2.05) is 37.3 Å². The summed E-state index contributed by atoms with van der Waals surface area (Å²) >= 11 is 12.3. The fourth-order valence-electron chi connectivity index (χ4n) is 3.70. The molecule has 1 amide bonds. The molecule has 0 spiro atoms. The minimum absolute atomic E-state index is 0.0307. The molecule has 0 saturated heterocycles. The van der Waals surface area contributed by atoms with E-state index in [0.29, 0.717) is 17.2 Å². The van der Waals surface area contributed by atoms with Crippen molar-refractivity contribution >= 4 is 50.5 Å². The average molecular weight is 532 g/mol. The van der Waals surface area contributed by atoms with Gasteiger partial charge in [-0.3, -0.25) is 9.10 Å². The third-order valence-electron chi connectivity index (χ3n) is 5.42. The van der Waals surface area contributed by atoms with Gasteiger partial charge < -0.3 is 0 Å². The van der Waals surface area contributed by atoms with E-state index in [-0.39, 0.29) is 21.0 Å². The van der Waals surface area contributed by atoms with Crippen LogP contribution in [0.2, 0.25) is 10.0 Å². The number of sulfonamides is 1. The monoisotopic (exact) mass is 531 g/mol. The predicted octanol–water partition coefficient (Wildman–Crippen LogP) is 6.05. The molecule has 3 aromatic rings. The molecular weight excluding hydrogens is 505 g/mol. The van der Waals surface area contributed by atoms with Crippen molar-refractivity contribution in [2.24, 2.45) is 5.10 Å². The molecule has 9 heteroatoms. The van der Waals surface area contributed by atoms with Crippen LogP contribution in [0.25, 0.3) is 0 Å². The van der Waals surface area contributed by atoms with Gasteiger partial charge in [-0.25, -0.2) is 13.8 Å². The van der Waals surface area contributed by atoms with Gasteiger partial charge in [0.2, 0.25) is 0 Å². The summed E-state index contributed by atoms with van der Waals surface area (Å²) in [5.41, 5.74) is 4.28. The van der Waals surface area contributed by atoms with Crippen molar-refractivity contribution in [3.05, 3.63) is 94.5 Å². The van der Waals surface area contributed by atoms with Crippen LogP contribution < -0.4 is 9.73 Å². The van der Waals surface area contributed by atoms with Gasteiger partial charge in [-0.1, -0.05) is 85.6 Å². The van der Waals surface area contributed by atoms with Gasteiger partial charge in [0.25, 0.3) is 15.9 Å². The average Bonchev–Trinajstić information content (AvgIpc) is 2.82. The number of anilines is 1. The lowest BCUT2D eigenvalue weighted by molar-refractivity contribution is -0.119. The third kappa shape index (κ3) is 6.84. The van der Waals surface area contributed by atoms with E-state index >= 15 is 0 Å². The van der Waals surface area contributed by atoms with E-state index < -0.39 is 22.5 Å². The Kier molecular flexibility index (Phi) is 8.59. The van der Waals surface area contributed by atoms with Gasteiger partial charge in [0.1, 0.15) is 6.54 Å². The molecule has 3 rings (SSSR count). The minimum atomic E-state index is -4.09. The molecule has 1 N–H and O–H groups in total. The molecular formula is C26H27Cl2N3O3S. The molecule has 0 radical (unpaired) electrons. The van der Waals surface area contributed by atoms with E-state index in [0.717, 1.165) is 9.87 Å². The lowest BCUT2D eigenvalue weighted by atomic mass is 9.80. The predicted molar refractivity (Wildman–Crippen MR) is 143 cm³/mol. The molecule has 6 nitrogen and oxygen atoms in total. The van der Waals surface area contributed by atoms with Gasteiger partial charge in [0, 0.05) is 10.7 Å². The van der Waals surface area contributed by atoms with Crippen LogP contribution in [0.1, 0.15) is 32.8 Å². The Balaban J connectivity index is 1.82. The quantitative estimate of drug-likeness (QED) is 0.269. The number of amides is 1. The number of carbonyl (C=O) groups is 1. The summed E-state index contributed by atoms with van der Waals surface area (Å²) in [5.74, 6) is -0.604. The molecule has 0 aliphatic carbocycles. The summed E-state index contributed by atoms with van der Waals surface area (Å²) in [4.78, 5) is 12.9. The molecule has 3 aromatic carbocycles. The Labute approximate surface area is 216 Å². The summed E-state index contributed by atoms with van der Waals surface area (Å²) in [6.07, 6.45) is 0.604. The van der Waals surface area contributed by atoms with Crippen LogP contribution >= 0.6 is 23.2 Å². The Morgan fingerprint density at radius 2 is 1.57 bits per heavy atom. The fourth-order valence-corrected chi connectivity index (χ4v) is 5.72. The highest BCUT2D eigenvalue weighted by Crippen LogP contribution is 2.32. The minimum Gasteiger partial charge on any atom is -0.271 e. The van der Waals surface area contributed by atoms with Crippen molar-refractivity contribution in [1.82, 2.24) is 5.43 Å². The van der Waals surface area contributed by atoms with Crippen LogP contribution in [0.15, 0.2) is 88.9 Å². The van der Waals surface area contributed by atoms with Crippen molar-refractivity contribution in [1.29, 1.82) is 0 Å². The van der Waals surface area contributed by atoms with Crippen LogP contribution in [-0.4, -0.2) is 26.6 Å². The maximum Gasteiger partial charge on any atom is 0.264 e. The zero-order chi connectivity index (χ0) is 25.6. The van der Waals surface area contributed by atoms with E-state index in [1.54, 1.807) is 18.2 Å². The van der Waals surface area contributed by atoms with Crippen LogP contribution in [0.5, 0.6) is 0 Å². The summed E-state index contributed by atoms with van der Waals surface area (Å²) < 4.78 is 27.8. The lowest BCUT2D eigenvalue weighted by Gasteiger charge is -2.26. The molecule has 0 unspecified atom stereocenters. The first-order chi connectivity index (χ1) is 16.5. The van der Waals surface area contributed by atoms with Crippen LogP contribution in [-0.2, 0) is 20.2 Å². The van der Waals surface area contributed by atoms with Gasteiger partial charge in [-0.15, -0.1) is 0 Å². The van der Waals surface area contributed by atoms with E-state index in [4.69, 9.17) is 23.2 Å². The highest BCUT2D eigenvalue weighted by molar-refractivity contribution is 7.92. The molecule has 184 valence electrons. The first-order valence-electron chi connectivity index (χ1n) is 10.9. The van der Waals surface area contributed by atoms with Crippen LogP contribution in [0.4, 0.5) is 5.69 Å². The second kappa shape index (κ2) is 11.2. The fraction of sp³-hybridized carbons (Fsp3) is 0.231. The summed E-state index contributed by atoms with van der Waals surface area (Å²) in [5, 5.41) is 4.67. The number of hydrogen-bond donors (Lipinski definition) is 1. The number of halogens is 2. The first-order valence-corrected chi connectivity index (χ1v) is 13.1. The summed E-state index contributed by atoms with van der Waals surface area (Å²) in [6.45, 7) is 5.50.